The van der Waals surface area contributed by atoms with Crippen molar-refractivity contribution in [3.63, 3.8) is 0 Å². The molecule has 2 saturated carbocycles. The molecular weight excluding hydrogens is 428 g/mol. The molecule has 1 N–H and O–H groups in total. The van der Waals surface area contributed by atoms with E-state index in [0.29, 0.717) is 0 Å². The van der Waals surface area contributed by atoms with Crippen molar-refractivity contribution in [1.29, 1.82) is 0 Å². The Morgan fingerprint density at radius 1 is 0.727 bits per heavy atom. The Balaban J connectivity index is 1.45. The van der Waals surface area contributed by atoms with Crippen molar-refractivity contribution in [1.82, 2.24) is 0 Å². The molecular formula is C25H32O8. The van der Waals surface area contributed by atoms with Crippen molar-refractivity contribution in [2.75, 3.05) is 0 Å². The fourth-order valence-corrected chi connectivity index (χ4v) is 5.28. The zero-order valence-corrected chi connectivity index (χ0v) is 19.3. The van der Waals surface area contributed by atoms with Crippen LogP contribution in [-0.4, -0.2) is 34.6 Å². The lowest BCUT2D eigenvalue weighted by Gasteiger charge is -2.40. The minimum absolute atomic E-state index is 0.00949. The minimum Gasteiger partial charge on any atom is -0.480 e. The van der Waals surface area contributed by atoms with E-state index in [0.717, 1.165) is 64.2 Å². The summed E-state index contributed by atoms with van der Waals surface area (Å²) in [6.45, 7) is 3.30. The van der Waals surface area contributed by atoms with Gasteiger partial charge >= 0.3 is 17.9 Å². The standard InChI is InChI=1S/C25H32O8/c1-24(16-10-5-3-6-11-16)30-20(26)18(21(27)31-24)14-9-15-19-22(28)32-25(2,33-23(19)29)17-12-7-4-8-13-17/h9,14-17,26H,3-8,10-13H2,1-2H3/b14-9+,19-15?. The molecule has 2 heterocycles. The first-order chi connectivity index (χ1) is 15.7. The monoisotopic (exact) mass is 460 g/mol. The van der Waals surface area contributed by atoms with Gasteiger partial charge in [-0.2, -0.15) is 0 Å². The summed E-state index contributed by atoms with van der Waals surface area (Å²) in [7, 11) is 0. The molecule has 2 aliphatic carbocycles. The van der Waals surface area contributed by atoms with Crippen LogP contribution < -0.4 is 0 Å². The van der Waals surface area contributed by atoms with Gasteiger partial charge in [0, 0.05) is 25.7 Å². The maximum atomic E-state index is 12.6. The quantitative estimate of drug-likeness (QED) is 0.371. The van der Waals surface area contributed by atoms with Crippen LogP contribution in [-0.2, 0) is 33.3 Å². The number of rotatable bonds is 4. The maximum Gasteiger partial charge on any atom is 0.348 e. The van der Waals surface area contributed by atoms with E-state index in [1.165, 1.54) is 18.2 Å². The molecule has 1 unspecified atom stereocenters. The van der Waals surface area contributed by atoms with Gasteiger partial charge < -0.3 is 24.1 Å². The molecule has 3 fully saturated rings. The van der Waals surface area contributed by atoms with E-state index in [-0.39, 0.29) is 23.0 Å². The fourth-order valence-electron chi connectivity index (χ4n) is 5.28. The summed E-state index contributed by atoms with van der Waals surface area (Å²) in [6.07, 6.45) is 13.5. The molecule has 0 spiro atoms. The van der Waals surface area contributed by atoms with Crippen LogP contribution in [0, 0.1) is 11.8 Å². The summed E-state index contributed by atoms with van der Waals surface area (Å²) >= 11 is 0. The van der Waals surface area contributed by atoms with E-state index < -0.39 is 35.4 Å². The third kappa shape index (κ3) is 4.80. The molecule has 0 aromatic heterocycles. The van der Waals surface area contributed by atoms with E-state index in [4.69, 9.17) is 18.9 Å². The number of hydrogen-bond acceptors (Lipinski definition) is 8. The molecule has 0 bridgehead atoms. The van der Waals surface area contributed by atoms with Gasteiger partial charge in [0.1, 0.15) is 11.1 Å². The van der Waals surface area contributed by atoms with E-state index in [1.54, 1.807) is 13.8 Å². The van der Waals surface area contributed by atoms with Crippen molar-refractivity contribution >= 4 is 17.9 Å². The van der Waals surface area contributed by atoms with Crippen LogP contribution in [0.3, 0.4) is 0 Å². The van der Waals surface area contributed by atoms with Crippen molar-refractivity contribution in [2.45, 2.75) is 89.6 Å². The van der Waals surface area contributed by atoms with Crippen LogP contribution in [0.25, 0.3) is 0 Å². The van der Waals surface area contributed by atoms with Gasteiger partial charge in [0.2, 0.25) is 0 Å². The molecule has 0 radical (unpaired) electrons. The minimum atomic E-state index is -1.26. The topological polar surface area (TPSA) is 108 Å². The van der Waals surface area contributed by atoms with Crippen molar-refractivity contribution < 1.29 is 38.4 Å². The Kier molecular flexibility index (Phi) is 6.54. The summed E-state index contributed by atoms with van der Waals surface area (Å²) in [5, 5.41) is 10.4. The fraction of sp³-hybridized carbons (Fsp3) is 0.640. The highest BCUT2D eigenvalue weighted by Crippen LogP contribution is 2.41. The highest BCUT2D eigenvalue weighted by molar-refractivity contribution is 6.15. The molecule has 180 valence electrons. The number of carbonyl (C=O) groups excluding carboxylic acids is 3. The predicted molar refractivity (Wildman–Crippen MR) is 116 cm³/mol. The van der Waals surface area contributed by atoms with Crippen molar-refractivity contribution in [2.24, 2.45) is 11.8 Å². The van der Waals surface area contributed by atoms with Crippen LogP contribution >= 0.6 is 0 Å². The number of esters is 3. The van der Waals surface area contributed by atoms with Gasteiger partial charge in [-0.3, -0.25) is 0 Å². The molecule has 0 aromatic rings. The first kappa shape index (κ1) is 23.4. The lowest BCUT2D eigenvalue weighted by atomic mass is 9.83. The SMILES string of the molecule is CC1(C2CCCCC2)OC(=O)C(=C/C=C/C2=C(O)OC(C)(C3CCCCC3)OC2=O)C(=O)O1. The molecule has 1 saturated heterocycles. The zero-order chi connectivity index (χ0) is 23.6. The van der Waals surface area contributed by atoms with Crippen LogP contribution in [0.5, 0.6) is 0 Å². The highest BCUT2D eigenvalue weighted by Gasteiger charge is 2.48. The number of hydrogen-bond donors (Lipinski definition) is 1. The van der Waals surface area contributed by atoms with Crippen LogP contribution in [0.1, 0.15) is 78.1 Å². The van der Waals surface area contributed by atoms with Gasteiger partial charge in [-0.1, -0.05) is 44.6 Å². The van der Waals surface area contributed by atoms with Gasteiger partial charge in [0.15, 0.2) is 0 Å². The number of cyclic esters (lactones) is 3. The average molecular weight is 461 g/mol. The molecule has 1 atom stereocenters. The predicted octanol–water partition coefficient (Wildman–Crippen LogP) is 4.51. The van der Waals surface area contributed by atoms with Gasteiger partial charge in [-0.05, 0) is 37.8 Å². The normalized spacial score (nSPS) is 32.3. The summed E-state index contributed by atoms with van der Waals surface area (Å²) in [5.41, 5.74) is -0.471. The van der Waals surface area contributed by atoms with Gasteiger partial charge in [-0.15, -0.1) is 0 Å². The molecule has 0 aromatic carbocycles. The van der Waals surface area contributed by atoms with Crippen LogP contribution in [0.15, 0.2) is 35.3 Å². The summed E-state index contributed by atoms with van der Waals surface area (Å²) in [6, 6.07) is 0. The number of aliphatic hydroxyl groups is 1. The third-order valence-electron chi connectivity index (χ3n) is 7.29. The number of ether oxygens (including phenoxy) is 4. The number of aliphatic hydroxyl groups excluding tert-OH is 1. The second-order valence-electron chi connectivity index (χ2n) is 9.63. The van der Waals surface area contributed by atoms with Gasteiger partial charge in [0.05, 0.1) is 0 Å². The lowest BCUT2D eigenvalue weighted by Crippen LogP contribution is -2.49. The second-order valence-corrected chi connectivity index (χ2v) is 9.63. The lowest BCUT2D eigenvalue weighted by molar-refractivity contribution is -0.255. The smallest absolute Gasteiger partial charge is 0.348 e. The summed E-state index contributed by atoms with van der Waals surface area (Å²) in [4.78, 5) is 37.6. The Morgan fingerprint density at radius 3 is 1.67 bits per heavy atom. The van der Waals surface area contributed by atoms with E-state index in [1.807, 2.05) is 0 Å². The van der Waals surface area contributed by atoms with E-state index >= 15 is 0 Å². The Bertz CT molecular complexity index is 881. The van der Waals surface area contributed by atoms with Crippen molar-refractivity contribution in [3.8, 4) is 0 Å². The molecule has 4 aliphatic rings. The highest BCUT2D eigenvalue weighted by atomic mass is 16.8. The molecule has 8 heteroatoms. The van der Waals surface area contributed by atoms with Crippen LogP contribution in [0.2, 0.25) is 0 Å². The van der Waals surface area contributed by atoms with E-state index in [9.17, 15) is 19.5 Å². The molecule has 2 aliphatic heterocycles. The molecule has 8 nitrogen and oxygen atoms in total. The first-order valence-corrected chi connectivity index (χ1v) is 11.9. The first-order valence-electron chi connectivity index (χ1n) is 11.9. The van der Waals surface area contributed by atoms with E-state index in [2.05, 4.69) is 0 Å². The van der Waals surface area contributed by atoms with Gasteiger partial charge in [-0.25, -0.2) is 14.4 Å². The van der Waals surface area contributed by atoms with Crippen molar-refractivity contribution in [3.05, 3.63) is 35.3 Å². The molecule has 4 rings (SSSR count). The summed E-state index contributed by atoms with van der Waals surface area (Å²) in [5.74, 6) is -5.28. The zero-order valence-electron chi connectivity index (χ0n) is 19.3. The number of carbonyl (C=O) groups is 3. The maximum absolute atomic E-state index is 12.6. The Morgan fingerprint density at radius 2 is 1.18 bits per heavy atom. The number of allylic oxidation sites excluding steroid dienone is 2. The Labute approximate surface area is 193 Å². The summed E-state index contributed by atoms with van der Waals surface area (Å²) < 4.78 is 22.2. The third-order valence-corrected chi connectivity index (χ3v) is 7.29. The Hall–Kier alpha value is -2.77. The second kappa shape index (κ2) is 9.23. The largest absolute Gasteiger partial charge is 0.480 e. The average Bonchev–Trinajstić information content (AvgIpc) is 2.78. The molecule has 33 heavy (non-hydrogen) atoms. The van der Waals surface area contributed by atoms with Crippen LogP contribution in [0.4, 0.5) is 0 Å². The van der Waals surface area contributed by atoms with Gasteiger partial charge in [0.25, 0.3) is 17.5 Å². The molecule has 0 amide bonds.